The summed E-state index contributed by atoms with van der Waals surface area (Å²) in [6.07, 6.45) is 1.58. The molecule has 3 nitrogen and oxygen atoms in total. The molecule has 1 fully saturated rings. The SMILES string of the molecule is CC(C)N1CCC(C(=O)O)(C(C)C)CC1. The molecule has 1 rings (SSSR count). The highest BCUT2D eigenvalue weighted by atomic mass is 16.4. The van der Waals surface area contributed by atoms with Gasteiger partial charge in [-0.2, -0.15) is 0 Å². The van der Waals surface area contributed by atoms with E-state index in [0.717, 1.165) is 25.9 Å². The lowest BCUT2D eigenvalue weighted by Crippen LogP contribution is -2.49. The van der Waals surface area contributed by atoms with Crippen molar-refractivity contribution in [1.29, 1.82) is 0 Å². The van der Waals surface area contributed by atoms with Gasteiger partial charge in [0.05, 0.1) is 5.41 Å². The van der Waals surface area contributed by atoms with E-state index in [1.54, 1.807) is 0 Å². The molecule has 1 N–H and O–H groups in total. The van der Waals surface area contributed by atoms with Gasteiger partial charge in [-0.05, 0) is 45.7 Å². The predicted octanol–water partition coefficient (Wildman–Crippen LogP) is 2.22. The number of hydrogen-bond donors (Lipinski definition) is 1. The maximum atomic E-state index is 11.4. The van der Waals surface area contributed by atoms with E-state index in [1.807, 2.05) is 13.8 Å². The minimum Gasteiger partial charge on any atom is -0.481 e. The molecular weight excluding hydrogens is 190 g/mol. The molecule has 15 heavy (non-hydrogen) atoms. The quantitative estimate of drug-likeness (QED) is 0.781. The van der Waals surface area contributed by atoms with Crippen molar-refractivity contribution in [3.63, 3.8) is 0 Å². The van der Waals surface area contributed by atoms with E-state index in [9.17, 15) is 9.90 Å². The van der Waals surface area contributed by atoms with Crippen LogP contribution in [0.25, 0.3) is 0 Å². The maximum absolute atomic E-state index is 11.4. The highest BCUT2D eigenvalue weighted by molar-refractivity contribution is 5.75. The number of rotatable bonds is 3. The molecule has 0 aromatic heterocycles. The van der Waals surface area contributed by atoms with Crippen LogP contribution in [0.5, 0.6) is 0 Å². The second kappa shape index (κ2) is 4.52. The molecule has 0 aromatic rings. The number of hydrogen-bond acceptors (Lipinski definition) is 2. The molecular formula is C12H23NO2. The van der Waals surface area contributed by atoms with E-state index in [-0.39, 0.29) is 5.92 Å². The minimum atomic E-state index is -0.610. The van der Waals surface area contributed by atoms with Crippen molar-refractivity contribution in [2.45, 2.75) is 46.6 Å². The van der Waals surface area contributed by atoms with E-state index in [4.69, 9.17) is 0 Å². The fourth-order valence-corrected chi connectivity index (χ4v) is 2.48. The van der Waals surface area contributed by atoms with E-state index < -0.39 is 11.4 Å². The minimum absolute atomic E-state index is 0.226. The van der Waals surface area contributed by atoms with Crippen molar-refractivity contribution >= 4 is 5.97 Å². The monoisotopic (exact) mass is 213 g/mol. The highest BCUT2D eigenvalue weighted by Gasteiger charge is 2.44. The Bertz CT molecular complexity index is 228. The molecule has 0 atom stereocenters. The Morgan fingerprint density at radius 1 is 1.20 bits per heavy atom. The lowest BCUT2D eigenvalue weighted by Gasteiger charge is -2.42. The van der Waals surface area contributed by atoms with Gasteiger partial charge in [0, 0.05) is 6.04 Å². The summed E-state index contributed by atoms with van der Waals surface area (Å²) in [4.78, 5) is 13.7. The van der Waals surface area contributed by atoms with Crippen LogP contribution in [0.3, 0.4) is 0 Å². The zero-order chi connectivity index (χ0) is 11.6. The first-order chi connectivity index (χ1) is 6.90. The Labute approximate surface area is 92.5 Å². The maximum Gasteiger partial charge on any atom is 0.309 e. The molecule has 1 aliphatic heterocycles. The first-order valence-electron chi connectivity index (χ1n) is 5.87. The highest BCUT2D eigenvalue weighted by Crippen LogP contribution is 2.39. The number of likely N-dealkylation sites (tertiary alicyclic amines) is 1. The Balaban J connectivity index is 2.70. The van der Waals surface area contributed by atoms with Gasteiger partial charge in [-0.15, -0.1) is 0 Å². The molecule has 0 saturated carbocycles. The smallest absolute Gasteiger partial charge is 0.309 e. The number of carbonyl (C=O) groups is 1. The lowest BCUT2D eigenvalue weighted by molar-refractivity contribution is -0.156. The first kappa shape index (κ1) is 12.5. The zero-order valence-corrected chi connectivity index (χ0v) is 10.3. The average molecular weight is 213 g/mol. The zero-order valence-electron chi connectivity index (χ0n) is 10.3. The topological polar surface area (TPSA) is 40.5 Å². The Morgan fingerprint density at radius 2 is 1.67 bits per heavy atom. The van der Waals surface area contributed by atoms with Crippen molar-refractivity contribution in [2.24, 2.45) is 11.3 Å². The van der Waals surface area contributed by atoms with Crippen LogP contribution in [0, 0.1) is 11.3 Å². The summed E-state index contributed by atoms with van der Waals surface area (Å²) in [5.74, 6) is -0.384. The van der Waals surface area contributed by atoms with Crippen molar-refractivity contribution in [2.75, 3.05) is 13.1 Å². The third kappa shape index (κ3) is 2.33. The fourth-order valence-electron chi connectivity index (χ4n) is 2.48. The molecule has 0 unspecified atom stereocenters. The van der Waals surface area contributed by atoms with Gasteiger partial charge in [-0.25, -0.2) is 0 Å². The molecule has 0 aliphatic carbocycles. The molecule has 0 amide bonds. The number of carboxylic acid groups (broad SMARTS) is 1. The Hall–Kier alpha value is -0.570. The molecule has 0 bridgehead atoms. The van der Waals surface area contributed by atoms with E-state index in [0.29, 0.717) is 6.04 Å². The van der Waals surface area contributed by atoms with Crippen LogP contribution in [-0.4, -0.2) is 35.1 Å². The largest absolute Gasteiger partial charge is 0.481 e. The van der Waals surface area contributed by atoms with Gasteiger partial charge in [-0.3, -0.25) is 4.79 Å². The third-order valence-corrected chi connectivity index (χ3v) is 3.95. The fraction of sp³-hybridized carbons (Fsp3) is 0.917. The van der Waals surface area contributed by atoms with Crippen LogP contribution >= 0.6 is 0 Å². The molecule has 88 valence electrons. The summed E-state index contributed by atoms with van der Waals surface area (Å²) in [7, 11) is 0. The van der Waals surface area contributed by atoms with Crippen molar-refractivity contribution in [1.82, 2.24) is 4.90 Å². The van der Waals surface area contributed by atoms with Crippen molar-refractivity contribution in [3.05, 3.63) is 0 Å². The van der Waals surface area contributed by atoms with Crippen LogP contribution in [0.4, 0.5) is 0 Å². The summed E-state index contributed by atoms with van der Waals surface area (Å²) in [6, 6.07) is 0.531. The van der Waals surface area contributed by atoms with Gasteiger partial charge in [-0.1, -0.05) is 13.8 Å². The van der Waals surface area contributed by atoms with E-state index in [1.165, 1.54) is 0 Å². The lowest BCUT2D eigenvalue weighted by atomic mass is 9.70. The molecule has 0 spiro atoms. The summed E-state index contributed by atoms with van der Waals surface area (Å²) in [5, 5.41) is 9.37. The molecule has 1 saturated heterocycles. The van der Waals surface area contributed by atoms with Gasteiger partial charge < -0.3 is 10.0 Å². The van der Waals surface area contributed by atoms with Gasteiger partial charge in [0.25, 0.3) is 0 Å². The van der Waals surface area contributed by atoms with Gasteiger partial charge in [0.1, 0.15) is 0 Å². The molecule has 0 aromatic carbocycles. The van der Waals surface area contributed by atoms with Crippen LogP contribution < -0.4 is 0 Å². The number of piperidine rings is 1. The molecule has 1 aliphatic rings. The van der Waals surface area contributed by atoms with Gasteiger partial charge in [0.15, 0.2) is 0 Å². The van der Waals surface area contributed by atoms with Crippen LogP contribution in [0.15, 0.2) is 0 Å². The standard InChI is InChI=1S/C12H23NO2/c1-9(2)12(11(14)15)5-7-13(8-6-12)10(3)4/h9-10H,5-8H2,1-4H3,(H,14,15). The average Bonchev–Trinajstić information content (AvgIpc) is 2.17. The van der Waals surface area contributed by atoms with Gasteiger partial charge >= 0.3 is 5.97 Å². The van der Waals surface area contributed by atoms with Crippen molar-refractivity contribution < 1.29 is 9.90 Å². The molecule has 0 radical (unpaired) electrons. The van der Waals surface area contributed by atoms with Crippen LogP contribution in [0.1, 0.15) is 40.5 Å². The Morgan fingerprint density at radius 3 is 1.93 bits per heavy atom. The second-order valence-corrected chi connectivity index (χ2v) is 5.25. The van der Waals surface area contributed by atoms with E-state index in [2.05, 4.69) is 18.7 Å². The number of carboxylic acids is 1. The summed E-state index contributed by atoms with van der Waals surface area (Å²) >= 11 is 0. The first-order valence-corrected chi connectivity index (χ1v) is 5.87. The van der Waals surface area contributed by atoms with Crippen LogP contribution in [-0.2, 0) is 4.79 Å². The van der Waals surface area contributed by atoms with Crippen LogP contribution in [0.2, 0.25) is 0 Å². The normalized spacial score (nSPS) is 22.3. The third-order valence-electron chi connectivity index (χ3n) is 3.95. The summed E-state index contributed by atoms with van der Waals surface area (Å²) < 4.78 is 0. The summed E-state index contributed by atoms with van der Waals surface area (Å²) in [5.41, 5.74) is -0.481. The number of nitrogens with zero attached hydrogens (tertiary/aromatic N) is 1. The molecule has 3 heteroatoms. The predicted molar refractivity (Wildman–Crippen MR) is 60.8 cm³/mol. The van der Waals surface area contributed by atoms with Crippen molar-refractivity contribution in [3.8, 4) is 0 Å². The van der Waals surface area contributed by atoms with Gasteiger partial charge in [0.2, 0.25) is 0 Å². The summed E-state index contributed by atoms with van der Waals surface area (Å²) in [6.45, 7) is 10.2. The second-order valence-electron chi connectivity index (χ2n) is 5.25. The number of aliphatic carboxylic acids is 1. The Kier molecular flexibility index (Phi) is 3.77. The molecule has 1 heterocycles. The van der Waals surface area contributed by atoms with E-state index >= 15 is 0 Å².